The third-order valence-electron chi connectivity index (χ3n) is 2.83. The van der Waals surface area contributed by atoms with Crippen molar-refractivity contribution in [1.82, 2.24) is 0 Å². The Kier molecular flexibility index (Phi) is 5.59. The molecule has 0 aliphatic rings. The van der Waals surface area contributed by atoms with Crippen LogP contribution in [-0.2, 0) is 5.75 Å². The summed E-state index contributed by atoms with van der Waals surface area (Å²) in [7, 11) is 0. The van der Waals surface area contributed by atoms with Crippen molar-refractivity contribution in [3.63, 3.8) is 0 Å². The minimum Gasteiger partial charge on any atom is -0.329 e. The summed E-state index contributed by atoms with van der Waals surface area (Å²) in [5.74, 6) is 0.893. The predicted molar refractivity (Wildman–Crippen MR) is 86.0 cm³/mol. The molecule has 0 bridgehead atoms. The molecule has 2 aromatic rings. The monoisotopic (exact) mass is 311 g/mol. The molecule has 19 heavy (non-hydrogen) atoms. The normalized spacial score (nSPS) is 12.4. The largest absolute Gasteiger partial charge is 0.329 e. The van der Waals surface area contributed by atoms with Crippen LogP contribution in [0.4, 0.5) is 0 Å². The highest BCUT2D eigenvalue weighted by atomic mass is 35.5. The quantitative estimate of drug-likeness (QED) is 0.847. The number of nitrogens with two attached hydrogens (primary N) is 1. The molecule has 0 saturated heterocycles. The molecule has 0 radical (unpaired) electrons. The first-order valence-corrected chi connectivity index (χ1v) is 7.81. The number of hydrogen-bond acceptors (Lipinski definition) is 2. The maximum Gasteiger partial charge on any atom is 0.0449 e. The van der Waals surface area contributed by atoms with Crippen LogP contribution >= 0.6 is 35.0 Å². The van der Waals surface area contributed by atoms with Gasteiger partial charge in [0.2, 0.25) is 0 Å². The molecule has 0 aliphatic carbocycles. The zero-order valence-corrected chi connectivity index (χ0v) is 12.7. The van der Waals surface area contributed by atoms with Crippen LogP contribution < -0.4 is 5.73 Å². The highest BCUT2D eigenvalue weighted by Crippen LogP contribution is 2.34. The lowest BCUT2D eigenvalue weighted by molar-refractivity contribution is 0.940. The zero-order valence-electron chi connectivity index (χ0n) is 10.4. The Morgan fingerprint density at radius 2 is 1.68 bits per heavy atom. The molecule has 100 valence electrons. The van der Waals surface area contributed by atoms with Gasteiger partial charge in [0.05, 0.1) is 0 Å². The van der Waals surface area contributed by atoms with Gasteiger partial charge in [-0.05, 0) is 29.3 Å². The van der Waals surface area contributed by atoms with Crippen molar-refractivity contribution in [3.05, 3.63) is 69.7 Å². The highest BCUT2D eigenvalue weighted by molar-refractivity contribution is 7.98. The summed E-state index contributed by atoms with van der Waals surface area (Å²) in [6, 6.07) is 15.8. The summed E-state index contributed by atoms with van der Waals surface area (Å²) in [6.45, 7) is 0.571. The van der Waals surface area contributed by atoms with Crippen LogP contribution in [0, 0.1) is 0 Å². The van der Waals surface area contributed by atoms with Gasteiger partial charge in [0.25, 0.3) is 0 Å². The van der Waals surface area contributed by atoms with E-state index in [9.17, 15) is 0 Å². The van der Waals surface area contributed by atoms with Gasteiger partial charge in [0.15, 0.2) is 0 Å². The lowest BCUT2D eigenvalue weighted by Crippen LogP contribution is -2.10. The Bertz CT molecular complexity index is 528. The summed E-state index contributed by atoms with van der Waals surface area (Å²) in [5, 5.41) is 1.75. The Morgan fingerprint density at radius 1 is 1.00 bits per heavy atom. The average Bonchev–Trinajstić information content (AvgIpc) is 2.43. The van der Waals surface area contributed by atoms with Gasteiger partial charge in [-0.2, -0.15) is 0 Å². The lowest BCUT2D eigenvalue weighted by Gasteiger charge is -2.16. The number of halogens is 2. The van der Waals surface area contributed by atoms with Crippen LogP contribution in [0.3, 0.4) is 0 Å². The molecule has 2 rings (SSSR count). The Morgan fingerprint density at radius 3 is 2.32 bits per heavy atom. The van der Waals surface area contributed by atoms with Gasteiger partial charge in [-0.15, -0.1) is 11.8 Å². The first-order chi connectivity index (χ1) is 9.20. The van der Waals surface area contributed by atoms with Crippen LogP contribution in [0.2, 0.25) is 10.0 Å². The molecule has 0 aliphatic heterocycles. The second-order valence-corrected chi connectivity index (χ2v) is 6.22. The molecule has 0 fully saturated rings. The molecule has 4 heteroatoms. The van der Waals surface area contributed by atoms with Crippen molar-refractivity contribution in [2.75, 3.05) is 6.54 Å². The molecular weight excluding hydrogens is 297 g/mol. The van der Waals surface area contributed by atoms with E-state index in [0.717, 1.165) is 21.4 Å². The van der Waals surface area contributed by atoms with Gasteiger partial charge in [-0.25, -0.2) is 0 Å². The number of hydrogen-bond donors (Lipinski definition) is 1. The van der Waals surface area contributed by atoms with E-state index >= 15 is 0 Å². The molecule has 0 spiro atoms. The first kappa shape index (κ1) is 14.7. The second-order valence-electron chi connectivity index (χ2n) is 4.18. The van der Waals surface area contributed by atoms with Crippen LogP contribution in [-0.4, -0.2) is 6.54 Å². The zero-order chi connectivity index (χ0) is 13.7. The third kappa shape index (κ3) is 4.15. The van der Waals surface area contributed by atoms with Crippen molar-refractivity contribution in [2.24, 2.45) is 5.73 Å². The minimum atomic E-state index is 0.212. The molecule has 0 aromatic heterocycles. The molecule has 2 aromatic carbocycles. The van der Waals surface area contributed by atoms with Crippen molar-refractivity contribution in [3.8, 4) is 0 Å². The molecule has 0 amide bonds. The maximum absolute atomic E-state index is 6.21. The Hall–Kier alpha value is -0.670. The fourth-order valence-electron chi connectivity index (χ4n) is 1.80. The van der Waals surface area contributed by atoms with Crippen LogP contribution in [0.5, 0.6) is 0 Å². The molecular formula is C15H15Cl2NS. The Balaban J connectivity index is 2.04. The van der Waals surface area contributed by atoms with Crippen molar-refractivity contribution < 1.29 is 0 Å². The van der Waals surface area contributed by atoms with E-state index in [2.05, 4.69) is 0 Å². The van der Waals surface area contributed by atoms with Crippen LogP contribution in [0.25, 0.3) is 0 Å². The molecule has 1 unspecified atom stereocenters. The van der Waals surface area contributed by atoms with E-state index in [-0.39, 0.29) is 5.25 Å². The lowest BCUT2D eigenvalue weighted by atomic mass is 10.1. The average molecular weight is 312 g/mol. The minimum absolute atomic E-state index is 0.212. The molecule has 0 saturated carbocycles. The van der Waals surface area contributed by atoms with Crippen LogP contribution in [0.15, 0.2) is 48.5 Å². The standard InChI is InChI=1S/C15H15Cl2NS/c16-12-7-5-11(6-8-12)10-19-15(9-18)13-3-1-2-4-14(13)17/h1-8,15H,9-10,18H2. The van der Waals surface area contributed by atoms with E-state index in [0.29, 0.717) is 6.54 Å². The first-order valence-electron chi connectivity index (χ1n) is 6.01. The van der Waals surface area contributed by atoms with Crippen molar-refractivity contribution in [1.29, 1.82) is 0 Å². The topological polar surface area (TPSA) is 26.0 Å². The second kappa shape index (κ2) is 7.20. The maximum atomic E-state index is 6.21. The summed E-state index contributed by atoms with van der Waals surface area (Å²) < 4.78 is 0. The van der Waals surface area contributed by atoms with Crippen molar-refractivity contribution in [2.45, 2.75) is 11.0 Å². The van der Waals surface area contributed by atoms with Gasteiger partial charge >= 0.3 is 0 Å². The number of benzene rings is 2. The summed E-state index contributed by atoms with van der Waals surface area (Å²) in [5.41, 5.74) is 8.20. The molecule has 2 N–H and O–H groups in total. The third-order valence-corrected chi connectivity index (χ3v) is 4.78. The van der Waals surface area contributed by atoms with Crippen LogP contribution in [0.1, 0.15) is 16.4 Å². The molecule has 0 heterocycles. The Labute approximate surface area is 128 Å². The van der Waals surface area contributed by atoms with E-state index in [4.69, 9.17) is 28.9 Å². The molecule has 1 atom stereocenters. The molecule has 1 nitrogen and oxygen atoms in total. The van der Waals surface area contributed by atoms with Gasteiger partial charge < -0.3 is 5.73 Å². The summed E-state index contributed by atoms with van der Waals surface area (Å²) >= 11 is 13.9. The van der Waals surface area contributed by atoms with Gasteiger partial charge in [-0.3, -0.25) is 0 Å². The van der Waals surface area contributed by atoms with E-state index in [1.807, 2.05) is 48.5 Å². The number of rotatable bonds is 5. The van der Waals surface area contributed by atoms with E-state index in [1.54, 1.807) is 11.8 Å². The van der Waals surface area contributed by atoms with Crippen molar-refractivity contribution >= 4 is 35.0 Å². The highest BCUT2D eigenvalue weighted by Gasteiger charge is 2.13. The summed E-state index contributed by atoms with van der Waals surface area (Å²) in [4.78, 5) is 0. The SMILES string of the molecule is NCC(SCc1ccc(Cl)cc1)c1ccccc1Cl. The van der Waals surface area contributed by atoms with Gasteiger partial charge in [-0.1, -0.05) is 53.5 Å². The van der Waals surface area contributed by atoms with E-state index in [1.165, 1.54) is 5.56 Å². The van der Waals surface area contributed by atoms with E-state index < -0.39 is 0 Å². The van der Waals surface area contributed by atoms with Gasteiger partial charge in [0.1, 0.15) is 0 Å². The van der Waals surface area contributed by atoms with Gasteiger partial charge in [0, 0.05) is 27.6 Å². The fraction of sp³-hybridized carbons (Fsp3) is 0.200. The smallest absolute Gasteiger partial charge is 0.0449 e. The predicted octanol–water partition coefficient (Wildman–Crippen LogP) is 4.93. The fourth-order valence-corrected chi connectivity index (χ4v) is 3.36. The number of thioether (sulfide) groups is 1. The summed E-state index contributed by atoms with van der Waals surface area (Å²) in [6.07, 6.45) is 0.